The summed E-state index contributed by atoms with van der Waals surface area (Å²) in [7, 11) is 0. The summed E-state index contributed by atoms with van der Waals surface area (Å²) in [6, 6.07) is 11.6. The molecule has 0 unspecified atom stereocenters. The molecule has 1 aromatic heterocycles. The molecule has 0 radical (unpaired) electrons. The van der Waals surface area contributed by atoms with Crippen LogP contribution in [0.15, 0.2) is 45.5 Å². The van der Waals surface area contributed by atoms with Crippen molar-refractivity contribution >= 4 is 27.5 Å². The highest BCUT2D eigenvalue weighted by atomic mass is 79.9. The Morgan fingerprint density at radius 1 is 1.20 bits per heavy atom. The molecule has 2 N–H and O–H groups in total. The summed E-state index contributed by atoms with van der Waals surface area (Å²) < 4.78 is 6.14. The van der Waals surface area contributed by atoms with Crippen molar-refractivity contribution in [1.82, 2.24) is 5.32 Å². The van der Waals surface area contributed by atoms with Crippen LogP contribution in [0.1, 0.15) is 18.2 Å². The molecule has 0 aliphatic rings. The lowest BCUT2D eigenvalue weighted by atomic mass is 10.1. The van der Waals surface area contributed by atoms with Crippen LogP contribution in [0.4, 0.5) is 5.69 Å². The van der Waals surface area contributed by atoms with Gasteiger partial charge in [0.1, 0.15) is 5.76 Å². The Morgan fingerprint density at radius 3 is 2.55 bits per heavy atom. The molecule has 1 amide bonds. The van der Waals surface area contributed by atoms with Crippen molar-refractivity contribution < 1.29 is 9.21 Å². The number of furan rings is 1. The zero-order valence-electron chi connectivity index (χ0n) is 11.3. The molecule has 0 fully saturated rings. The molecule has 1 aromatic carbocycles. The van der Waals surface area contributed by atoms with Gasteiger partial charge in [-0.05, 0) is 52.7 Å². The summed E-state index contributed by atoms with van der Waals surface area (Å²) in [5.41, 5.74) is 2.00. The highest BCUT2D eigenvalue weighted by Crippen LogP contribution is 2.16. The van der Waals surface area contributed by atoms with E-state index in [0.29, 0.717) is 19.5 Å². The van der Waals surface area contributed by atoms with E-state index in [4.69, 9.17) is 4.42 Å². The van der Waals surface area contributed by atoms with E-state index >= 15 is 0 Å². The van der Waals surface area contributed by atoms with Crippen molar-refractivity contribution in [2.24, 2.45) is 0 Å². The van der Waals surface area contributed by atoms with Gasteiger partial charge in [0.05, 0.1) is 13.0 Å². The zero-order chi connectivity index (χ0) is 14.4. The average Bonchev–Trinajstić information content (AvgIpc) is 2.84. The highest BCUT2D eigenvalue weighted by Gasteiger charge is 2.03. The van der Waals surface area contributed by atoms with E-state index in [1.165, 1.54) is 0 Å². The van der Waals surface area contributed by atoms with E-state index in [2.05, 4.69) is 26.6 Å². The largest absolute Gasteiger partial charge is 0.452 e. The Labute approximate surface area is 126 Å². The first-order chi connectivity index (χ1) is 9.67. The van der Waals surface area contributed by atoms with Crippen molar-refractivity contribution in [2.75, 3.05) is 11.9 Å². The molecule has 0 aliphatic carbocycles. The number of hydrogen-bond acceptors (Lipinski definition) is 3. The molecule has 106 valence electrons. The normalized spacial score (nSPS) is 10.3. The lowest BCUT2D eigenvalue weighted by molar-refractivity contribution is -0.120. The van der Waals surface area contributed by atoms with Crippen LogP contribution in [0.3, 0.4) is 0 Å². The molecule has 0 saturated heterocycles. The summed E-state index contributed by atoms with van der Waals surface area (Å²) in [5.74, 6) is 0.914. The molecule has 0 atom stereocenters. The second-order valence-electron chi connectivity index (χ2n) is 4.39. The minimum atomic E-state index is 0.0497. The summed E-state index contributed by atoms with van der Waals surface area (Å²) in [6.45, 7) is 3.20. The molecule has 0 saturated carbocycles. The number of carbonyl (C=O) groups is 1. The standard InChI is InChI=1S/C15H17BrN2O2/c1-2-17-15(19)9-11-3-5-12(6-4-11)18-10-13-7-8-14(16)20-13/h3-8,18H,2,9-10H2,1H3,(H,17,19). The van der Waals surface area contributed by atoms with Crippen LogP contribution in [-0.4, -0.2) is 12.5 Å². The first kappa shape index (κ1) is 14.7. The van der Waals surface area contributed by atoms with Gasteiger partial charge in [0.15, 0.2) is 4.67 Å². The maximum Gasteiger partial charge on any atom is 0.224 e. The smallest absolute Gasteiger partial charge is 0.224 e. The van der Waals surface area contributed by atoms with Gasteiger partial charge in [-0.2, -0.15) is 0 Å². The number of anilines is 1. The zero-order valence-corrected chi connectivity index (χ0v) is 12.9. The number of rotatable bonds is 6. The van der Waals surface area contributed by atoms with Crippen LogP contribution in [-0.2, 0) is 17.8 Å². The second-order valence-corrected chi connectivity index (χ2v) is 5.17. The van der Waals surface area contributed by atoms with Gasteiger partial charge in [-0.3, -0.25) is 4.79 Å². The third kappa shape index (κ3) is 4.42. The number of hydrogen-bond donors (Lipinski definition) is 2. The van der Waals surface area contributed by atoms with E-state index in [-0.39, 0.29) is 5.91 Å². The third-order valence-corrected chi connectivity index (χ3v) is 3.21. The SMILES string of the molecule is CCNC(=O)Cc1ccc(NCc2ccc(Br)o2)cc1. The summed E-state index contributed by atoms with van der Waals surface area (Å²) in [6.07, 6.45) is 0.416. The Balaban J connectivity index is 1.86. The van der Waals surface area contributed by atoms with Crippen LogP contribution < -0.4 is 10.6 Å². The predicted octanol–water partition coefficient (Wildman–Crippen LogP) is 3.33. The predicted molar refractivity (Wildman–Crippen MR) is 82.6 cm³/mol. The fraction of sp³-hybridized carbons (Fsp3) is 0.267. The minimum absolute atomic E-state index is 0.0497. The number of carbonyl (C=O) groups excluding carboxylic acids is 1. The third-order valence-electron chi connectivity index (χ3n) is 2.79. The Hall–Kier alpha value is -1.75. The lowest BCUT2D eigenvalue weighted by Gasteiger charge is -2.06. The van der Waals surface area contributed by atoms with Gasteiger partial charge in [-0.15, -0.1) is 0 Å². The van der Waals surface area contributed by atoms with E-state index in [0.717, 1.165) is 21.7 Å². The fourth-order valence-electron chi connectivity index (χ4n) is 1.82. The number of halogens is 1. The Morgan fingerprint density at radius 2 is 1.95 bits per heavy atom. The van der Waals surface area contributed by atoms with Crippen molar-refractivity contribution in [3.05, 3.63) is 52.4 Å². The molecule has 0 spiro atoms. The molecule has 20 heavy (non-hydrogen) atoms. The van der Waals surface area contributed by atoms with E-state index in [1.54, 1.807) is 0 Å². The summed E-state index contributed by atoms with van der Waals surface area (Å²) in [4.78, 5) is 11.5. The van der Waals surface area contributed by atoms with Crippen LogP contribution in [0.25, 0.3) is 0 Å². The van der Waals surface area contributed by atoms with Crippen molar-refractivity contribution in [2.45, 2.75) is 19.9 Å². The topological polar surface area (TPSA) is 54.3 Å². The first-order valence-corrected chi connectivity index (χ1v) is 7.30. The van der Waals surface area contributed by atoms with Gasteiger partial charge < -0.3 is 15.1 Å². The Kier molecular flexibility index (Phi) is 5.24. The van der Waals surface area contributed by atoms with Crippen LogP contribution >= 0.6 is 15.9 Å². The lowest BCUT2D eigenvalue weighted by Crippen LogP contribution is -2.24. The molecule has 0 aliphatic heterocycles. The molecule has 5 heteroatoms. The van der Waals surface area contributed by atoms with Crippen molar-refractivity contribution in [1.29, 1.82) is 0 Å². The monoisotopic (exact) mass is 336 g/mol. The molecule has 2 rings (SSSR count). The van der Waals surface area contributed by atoms with E-state index < -0.39 is 0 Å². The quantitative estimate of drug-likeness (QED) is 0.850. The van der Waals surface area contributed by atoms with Crippen molar-refractivity contribution in [3.63, 3.8) is 0 Å². The molecular formula is C15H17BrN2O2. The van der Waals surface area contributed by atoms with Crippen LogP contribution in [0.5, 0.6) is 0 Å². The van der Waals surface area contributed by atoms with Gasteiger partial charge in [-0.1, -0.05) is 12.1 Å². The van der Waals surface area contributed by atoms with Gasteiger partial charge in [0.2, 0.25) is 5.91 Å². The fourth-order valence-corrected chi connectivity index (χ4v) is 2.16. The summed E-state index contributed by atoms with van der Waals surface area (Å²) >= 11 is 3.27. The van der Waals surface area contributed by atoms with Gasteiger partial charge >= 0.3 is 0 Å². The van der Waals surface area contributed by atoms with Gasteiger partial charge in [-0.25, -0.2) is 0 Å². The Bertz CT molecular complexity index is 564. The molecule has 1 heterocycles. The first-order valence-electron chi connectivity index (χ1n) is 6.51. The molecular weight excluding hydrogens is 320 g/mol. The number of benzene rings is 1. The number of likely N-dealkylation sites (N-methyl/N-ethyl adjacent to an activating group) is 1. The maximum atomic E-state index is 11.5. The van der Waals surface area contributed by atoms with E-state index in [1.807, 2.05) is 43.3 Å². The minimum Gasteiger partial charge on any atom is -0.452 e. The summed E-state index contributed by atoms with van der Waals surface area (Å²) in [5, 5.41) is 6.05. The number of nitrogens with one attached hydrogen (secondary N) is 2. The van der Waals surface area contributed by atoms with Crippen LogP contribution in [0.2, 0.25) is 0 Å². The van der Waals surface area contributed by atoms with Crippen molar-refractivity contribution in [3.8, 4) is 0 Å². The average molecular weight is 337 g/mol. The highest BCUT2D eigenvalue weighted by molar-refractivity contribution is 9.10. The van der Waals surface area contributed by atoms with Gasteiger partial charge in [0, 0.05) is 12.2 Å². The van der Waals surface area contributed by atoms with Crippen LogP contribution in [0, 0.1) is 0 Å². The van der Waals surface area contributed by atoms with E-state index in [9.17, 15) is 4.79 Å². The molecule has 0 bridgehead atoms. The molecule has 4 nitrogen and oxygen atoms in total. The van der Waals surface area contributed by atoms with Gasteiger partial charge in [0.25, 0.3) is 0 Å². The molecule has 2 aromatic rings. The maximum absolute atomic E-state index is 11.5. The second kappa shape index (κ2) is 7.14. The number of amides is 1.